The number of benzene rings is 1. The summed E-state index contributed by atoms with van der Waals surface area (Å²) in [6.45, 7) is 4.86. The van der Waals surface area contributed by atoms with E-state index in [-0.39, 0.29) is 17.7 Å². The molecule has 5 amide bonds. The number of amides is 5. The van der Waals surface area contributed by atoms with Crippen molar-refractivity contribution in [1.82, 2.24) is 10.2 Å². The topological polar surface area (TPSA) is 98.8 Å². The second-order valence-corrected chi connectivity index (χ2v) is 8.70. The Kier molecular flexibility index (Phi) is 4.40. The number of para-hydroxylation sites is 2. The van der Waals surface area contributed by atoms with Crippen LogP contribution in [0.2, 0.25) is 0 Å². The van der Waals surface area contributed by atoms with E-state index in [1.54, 1.807) is 38.1 Å². The molecule has 2 N–H and O–H groups in total. The zero-order chi connectivity index (χ0) is 21.0. The lowest BCUT2D eigenvalue weighted by Crippen LogP contribution is -2.60. The number of anilines is 2. The van der Waals surface area contributed by atoms with Crippen molar-refractivity contribution in [3.63, 3.8) is 0 Å². The van der Waals surface area contributed by atoms with Crippen molar-refractivity contribution in [2.45, 2.75) is 57.5 Å². The number of urea groups is 1. The van der Waals surface area contributed by atoms with Gasteiger partial charge < -0.3 is 10.6 Å². The molecule has 1 aliphatic carbocycles. The number of imide groups is 1. The number of carbonyl (C=O) groups is 4. The molecule has 1 saturated carbocycles. The highest BCUT2D eigenvalue weighted by Crippen LogP contribution is 2.39. The number of nitrogens with one attached hydrogen (secondary N) is 2. The molecule has 2 fully saturated rings. The van der Waals surface area contributed by atoms with Gasteiger partial charge in [0.25, 0.3) is 5.91 Å². The molecule has 2 heterocycles. The molecule has 8 heteroatoms. The van der Waals surface area contributed by atoms with Crippen molar-refractivity contribution in [1.29, 1.82) is 0 Å². The molecule has 1 saturated heterocycles. The molecule has 2 atom stereocenters. The van der Waals surface area contributed by atoms with E-state index >= 15 is 0 Å². The highest BCUT2D eigenvalue weighted by atomic mass is 16.2. The first-order chi connectivity index (χ1) is 13.7. The van der Waals surface area contributed by atoms with E-state index in [9.17, 15) is 19.2 Å². The molecule has 29 heavy (non-hydrogen) atoms. The average Bonchev–Trinajstić information content (AvgIpc) is 2.90. The molecule has 0 radical (unpaired) electrons. The van der Waals surface area contributed by atoms with Crippen molar-refractivity contribution < 1.29 is 19.2 Å². The van der Waals surface area contributed by atoms with Crippen molar-refractivity contribution in [3.8, 4) is 0 Å². The van der Waals surface area contributed by atoms with Gasteiger partial charge in [0.1, 0.15) is 17.6 Å². The molecule has 1 aromatic rings. The third-order valence-corrected chi connectivity index (χ3v) is 6.55. The standard InChI is InChI=1S/C21H26N4O4/c1-13-8-6-7-11-21(13)18(28)24(19(29)23-21)12-16(26)25-15-10-5-4-9-14(15)22-17(27)20(25,2)3/h4-5,9-10,13H,6-8,11-12H2,1-3H3,(H,22,27)(H,23,29). The van der Waals surface area contributed by atoms with Crippen LogP contribution in [0.15, 0.2) is 24.3 Å². The largest absolute Gasteiger partial charge is 0.325 e. The summed E-state index contributed by atoms with van der Waals surface area (Å²) in [6.07, 6.45) is 3.34. The van der Waals surface area contributed by atoms with Gasteiger partial charge in [0.2, 0.25) is 11.8 Å². The van der Waals surface area contributed by atoms with Gasteiger partial charge >= 0.3 is 6.03 Å². The van der Waals surface area contributed by atoms with Gasteiger partial charge in [-0.05, 0) is 44.7 Å². The minimum absolute atomic E-state index is 0.0192. The van der Waals surface area contributed by atoms with Crippen LogP contribution < -0.4 is 15.5 Å². The van der Waals surface area contributed by atoms with Gasteiger partial charge in [0.05, 0.1) is 11.4 Å². The highest BCUT2D eigenvalue weighted by molar-refractivity contribution is 6.16. The van der Waals surface area contributed by atoms with E-state index in [1.165, 1.54) is 4.90 Å². The Hall–Kier alpha value is -2.90. The number of fused-ring (bicyclic) bond motifs is 1. The second kappa shape index (κ2) is 6.57. The lowest BCUT2D eigenvalue weighted by molar-refractivity contribution is -0.137. The lowest BCUT2D eigenvalue weighted by Gasteiger charge is -2.42. The third kappa shape index (κ3) is 2.81. The molecule has 1 spiro atoms. The second-order valence-electron chi connectivity index (χ2n) is 8.70. The Morgan fingerprint density at radius 2 is 1.90 bits per heavy atom. The van der Waals surface area contributed by atoms with Gasteiger partial charge in [-0.1, -0.05) is 31.9 Å². The Labute approximate surface area is 169 Å². The van der Waals surface area contributed by atoms with Crippen LogP contribution in [0.4, 0.5) is 16.2 Å². The van der Waals surface area contributed by atoms with Crippen molar-refractivity contribution in [3.05, 3.63) is 24.3 Å². The zero-order valence-corrected chi connectivity index (χ0v) is 16.9. The normalized spacial score (nSPS) is 28.2. The SMILES string of the molecule is CC1CCCCC12NC(=O)N(CC(=O)N1c3ccccc3NC(=O)C1(C)C)C2=O. The van der Waals surface area contributed by atoms with Crippen LogP contribution >= 0.6 is 0 Å². The molecule has 3 aliphatic rings. The summed E-state index contributed by atoms with van der Waals surface area (Å²) in [6, 6.07) is 6.47. The fourth-order valence-corrected chi connectivity index (χ4v) is 4.74. The first-order valence-electron chi connectivity index (χ1n) is 10.1. The molecule has 0 aromatic heterocycles. The molecule has 0 bridgehead atoms. The highest BCUT2D eigenvalue weighted by Gasteiger charge is 2.56. The Morgan fingerprint density at radius 1 is 1.17 bits per heavy atom. The third-order valence-electron chi connectivity index (χ3n) is 6.55. The maximum atomic E-state index is 13.3. The summed E-state index contributed by atoms with van der Waals surface area (Å²) in [5.41, 5.74) is -0.988. The number of hydrogen-bond donors (Lipinski definition) is 2. The van der Waals surface area contributed by atoms with Crippen LogP contribution in [0.5, 0.6) is 0 Å². The maximum absolute atomic E-state index is 13.3. The fourth-order valence-electron chi connectivity index (χ4n) is 4.74. The van der Waals surface area contributed by atoms with E-state index in [0.717, 1.165) is 24.2 Å². The molecule has 8 nitrogen and oxygen atoms in total. The zero-order valence-electron chi connectivity index (χ0n) is 16.9. The maximum Gasteiger partial charge on any atom is 0.325 e. The van der Waals surface area contributed by atoms with Crippen LogP contribution in [0.3, 0.4) is 0 Å². The number of carbonyl (C=O) groups excluding carboxylic acids is 4. The summed E-state index contributed by atoms with van der Waals surface area (Å²) in [5.74, 6) is -1.11. The minimum Gasteiger partial charge on any atom is -0.323 e. The Balaban J connectivity index is 1.63. The predicted molar refractivity (Wildman–Crippen MR) is 107 cm³/mol. The van der Waals surface area contributed by atoms with E-state index in [0.29, 0.717) is 17.8 Å². The van der Waals surface area contributed by atoms with Gasteiger partial charge in [-0.2, -0.15) is 0 Å². The van der Waals surface area contributed by atoms with E-state index in [4.69, 9.17) is 0 Å². The number of rotatable bonds is 2. The molecule has 2 aliphatic heterocycles. The first kappa shape index (κ1) is 19.4. The van der Waals surface area contributed by atoms with Gasteiger partial charge in [-0.15, -0.1) is 0 Å². The van der Waals surface area contributed by atoms with Gasteiger partial charge in [-0.3, -0.25) is 24.2 Å². The Bertz CT molecular complexity index is 912. The summed E-state index contributed by atoms with van der Waals surface area (Å²) < 4.78 is 0. The van der Waals surface area contributed by atoms with Gasteiger partial charge in [0.15, 0.2) is 0 Å². The quantitative estimate of drug-likeness (QED) is 0.747. The van der Waals surface area contributed by atoms with Gasteiger partial charge in [0, 0.05) is 0 Å². The van der Waals surface area contributed by atoms with E-state index in [1.807, 2.05) is 6.92 Å². The summed E-state index contributed by atoms with van der Waals surface area (Å²) >= 11 is 0. The molecule has 1 aromatic carbocycles. The monoisotopic (exact) mass is 398 g/mol. The number of nitrogens with zero attached hydrogens (tertiary/aromatic N) is 2. The van der Waals surface area contributed by atoms with Gasteiger partial charge in [-0.25, -0.2) is 4.79 Å². The Morgan fingerprint density at radius 3 is 2.62 bits per heavy atom. The fraction of sp³-hybridized carbons (Fsp3) is 0.524. The molecule has 2 unspecified atom stereocenters. The smallest absolute Gasteiger partial charge is 0.323 e. The van der Waals surface area contributed by atoms with Crippen LogP contribution in [0.1, 0.15) is 46.5 Å². The first-order valence-corrected chi connectivity index (χ1v) is 10.1. The van der Waals surface area contributed by atoms with E-state index < -0.39 is 29.6 Å². The minimum atomic E-state index is -1.15. The molecule has 154 valence electrons. The summed E-state index contributed by atoms with van der Waals surface area (Å²) in [5, 5.41) is 5.67. The molecular formula is C21H26N4O4. The molecular weight excluding hydrogens is 372 g/mol. The lowest BCUT2D eigenvalue weighted by atomic mass is 9.73. The predicted octanol–water partition coefficient (Wildman–Crippen LogP) is 2.25. The summed E-state index contributed by atoms with van der Waals surface area (Å²) in [7, 11) is 0. The van der Waals surface area contributed by atoms with Crippen molar-refractivity contribution in [2.75, 3.05) is 16.8 Å². The summed E-state index contributed by atoms with van der Waals surface area (Å²) in [4.78, 5) is 54.1. The number of hydrogen-bond acceptors (Lipinski definition) is 4. The van der Waals surface area contributed by atoms with Crippen LogP contribution in [0, 0.1) is 5.92 Å². The average molecular weight is 398 g/mol. The van der Waals surface area contributed by atoms with Crippen LogP contribution in [-0.4, -0.2) is 46.3 Å². The molecule has 4 rings (SSSR count). The van der Waals surface area contributed by atoms with Crippen LogP contribution in [-0.2, 0) is 14.4 Å². The van der Waals surface area contributed by atoms with E-state index in [2.05, 4.69) is 10.6 Å². The van der Waals surface area contributed by atoms with Crippen molar-refractivity contribution in [2.24, 2.45) is 5.92 Å². The van der Waals surface area contributed by atoms with Crippen LogP contribution in [0.25, 0.3) is 0 Å². The van der Waals surface area contributed by atoms with Crippen molar-refractivity contribution >= 4 is 35.1 Å².